The zero-order valence-corrected chi connectivity index (χ0v) is 16.3. The highest BCUT2D eigenvalue weighted by atomic mass is 32.2. The van der Waals surface area contributed by atoms with E-state index >= 15 is 0 Å². The predicted octanol–water partition coefficient (Wildman–Crippen LogP) is 2.52. The summed E-state index contributed by atoms with van der Waals surface area (Å²) >= 11 is 1.65. The van der Waals surface area contributed by atoms with Crippen molar-refractivity contribution in [1.82, 2.24) is 15.2 Å². The van der Waals surface area contributed by atoms with Crippen LogP contribution in [0.3, 0.4) is 0 Å². The van der Waals surface area contributed by atoms with Gasteiger partial charge in [0.05, 0.1) is 5.69 Å². The molecule has 0 saturated heterocycles. The third-order valence-electron chi connectivity index (χ3n) is 4.08. The average molecular weight is 385 g/mol. The summed E-state index contributed by atoms with van der Waals surface area (Å²) in [5.74, 6) is 0.687. The van der Waals surface area contributed by atoms with Gasteiger partial charge in [0.2, 0.25) is 0 Å². The maximum absolute atomic E-state index is 12.6. The highest BCUT2D eigenvalue weighted by molar-refractivity contribution is 7.99. The van der Waals surface area contributed by atoms with Crippen LogP contribution in [0.15, 0.2) is 47.6 Å². The second-order valence-electron chi connectivity index (χ2n) is 6.39. The first-order chi connectivity index (χ1) is 13.0. The molecule has 0 fully saturated rings. The molecule has 0 spiro atoms. The van der Waals surface area contributed by atoms with E-state index in [9.17, 15) is 9.59 Å². The van der Waals surface area contributed by atoms with Crippen molar-refractivity contribution in [2.75, 3.05) is 49.7 Å². The number of thioether (sulfide) groups is 1. The number of hydrogen-bond acceptors (Lipinski definition) is 5. The number of nitrogens with one attached hydrogen (secondary N) is 2. The van der Waals surface area contributed by atoms with Crippen LogP contribution in [-0.4, -0.2) is 61.3 Å². The Hall–Kier alpha value is -2.58. The number of fused-ring (bicyclic) bond motifs is 1. The van der Waals surface area contributed by atoms with Crippen LogP contribution in [0.1, 0.15) is 10.4 Å². The first kappa shape index (κ1) is 19.2. The standard InChI is InChI=1S/C19H23N5O2S/c1-23(2)11-10-20-17(25)14-5-7-15(8-6-14)22-19(26)24-12-13-27-18-16(24)4-3-9-21-18/h3-9H,10-13H2,1-2H3,(H,20,25)(H,22,26). The van der Waals surface area contributed by atoms with Crippen LogP contribution in [0.25, 0.3) is 0 Å². The van der Waals surface area contributed by atoms with Crippen LogP contribution < -0.4 is 15.5 Å². The van der Waals surface area contributed by atoms with Crippen LogP contribution >= 0.6 is 11.8 Å². The number of urea groups is 1. The van der Waals surface area contributed by atoms with Crippen molar-refractivity contribution in [3.63, 3.8) is 0 Å². The number of pyridine rings is 1. The fraction of sp³-hybridized carbons (Fsp3) is 0.316. The van der Waals surface area contributed by atoms with E-state index in [1.54, 1.807) is 47.1 Å². The topological polar surface area (TPSA) is 77.6 Å². The molecule has 3 amide bonds. The van der Waals surface area contributed by atoms with Gasteiger partial charge in [-0.1, -0.05) is 0 Å². The number of hydrogen-bond donors (Lipinski definition) is 2. The minimum atomic E-state index is -0.201. The van der Waals surface area contributed by atoms with Crippen LogP contribution in [0.4, 0.5) is 16.2 Å². The van der Waals surface area contributed by atoms with E-state index in [4.69, 9.17) is 0 Å². The molecular formula is C19H23N5O2S. The molecule has 0 aliphatic carbocycles. The van der Waals surface area contributed by atoms with Gasteiger partial charge in [-0.25, -0.2) is 9.78 Å². The molecule has 3 rings (SSSR count). The van der Waals surface area contributed by atoms with E-state index in [0.717, 1.165) is 23.0 Å². The smallest absolute Gasteiger partial charge is 0.326 e. The Kier molecular flexibility index (Phi) is 6.31. The lowest BCUT2D eigenvalue weighted by molar-refractivity contribution is 0.0951. The Bertz CT molecular complexity index is 810. The zero-order chi connectivity index (χ0) is 19.2. The molecule has 0 atom stereocenters. The summed E-state index contributed by atoms with van der Waals surface area (Å²) in [7, 11) is 3.91. The number of anilines is 2. The summed E-state index contributed by atoms with van der Waals surface area (Å²) in [6.07, 6.45) is 1.73. The van der Waals surface area contributed by atoms with Crippen molar-refractivity contribution in [2.45, 2.75) is 5.03 Å². The number of amides is 3. The maximum atomic E-state index is 12.6. The summed E-state index contributed by atoms with van der Waals surface area (Å²) in [6.45, 7) is 2.00. The van der Waals surface area contributed by atoms with Gasteiger partial charge in [0.15, 0.2) is 0 Å². The monoisotopic (exact) mass is 385 g/mol. The van der Waals surface area contributed by atoms with E-state index in [2.05, 4.69) is 15.6 Å². The molecule has 0 saturated carbocycles. The van der Waals surface area contributed by atoms with E-state index < -0.39 is 0 Å². The van der Waals surface area contributed by atoms with Crippen molar-refractivity contribution in [1.29, 1.82) is 0 Å². The number of nitrogens with zero attached hydrogens (tertiary/aromatic N) is 3. The normalized spacial score (nSPS) is 13.2. The number of aromatic nitrogens is 1. The van der Waals surface area contributed by atoms with Crippen molar-refractivity contribution >= 4 is 35.1 Å². The number of carbonyl (C=O) groups is 2. The van der Waals surface area contributed by atoms with Gasteiger partial charge < -0.3 is 15.5 Å². The highest BCUT2D eigenvalue weighted by Gasteiger charge is 2.23. The first-order valence-electron chi connectivity index (χ1n) is 8.74. The molecular weight excluding hydrogens is 362 g/mol. The van der Waals surface area contributed by atoms with Crippen LogP contribution in [0.2, 0.25) is 0 Å². The van der Waals surface area contributed by atoms with Crippen molar-refractivity contribution in [3.8, 4) is 0 Å². The number of carbonyl (C=O) groups excluding carboxylic acids is 2. The molecule has 2 aromatic rings. The van der Waals surface area contributed by atoms with E-state index in [1.807, 2.05) is 31.1 Å². The molecule has 1 aromatic carbocycles. The van der Waals surface area contributed by atoms with Crippen LogP contribution in [0, 0.1) is 0 Å². The van der Waals surface area contributed by atoms with Gasteiger partial charge in [-0.2, -0.15) is 0 Å². The Morgan fingerprint density at radius 1 is 1.22 bits per heavy atom. The largest absolute Gasteiger partial charge is 0.351 e. The lowest BCUT2D eigenvalue weighted by Gasteiger charge is -2.28. The molecule has 142 valence electrons. The molecule has 0 radical (unpaired) electrons. The fourth-order valence-electron chi connectivity index (χ4n) is 2.65. The fourth-order valence-corrected chi connectivity index (χ4v) is 3.58. The Morgan fingerprint density at radius 3 is 2.74 bits per heavy atom. The van der Waals surface area contributed by atoms with Gasteiger partial charge in [-0.05, 0) is 50.5 Å². The molecule has 0 unspecified atom stereocenters. The minimum absolute atomic E-state index is 0.122. The SMILES string of the molecule is CN(C)CCNC(=O)c1ccc(NC(=O)N2CCSc3ncccc32)cc1. The number of benzene rings is 1. The van der Waals surface area contributed by atoms with Gasteiger partial charge in [-0.3, -0.25) is 9.69 Å². The molecule has 7 nitrogen and oxygen atoms in total. The van der Waals surface area contributed by atoms with Gasteiger partial charge in [0, 0.05) is 42.8 Å². The highest BCUT2D eigenvalue weighted by Crippen LogP contribution is 2.32. The lowest BCUT2D eigenvalue weighted by atomic mass is 10.2. The Labute approximate surface area is 163 Å². The number of likely N-dealkylation sites (N-methyl/N-ethyl adjacent to an activating group) is 1. The van der Waals surface area contributed by atoms with Crippen molar-refractivity contribution < 1.29 is 9.59 Å². The minimum Gasteiger partial charge on any atom is -0.351 e. The molecule has 27 heavy (non-hydrogen) atoms. The van der Waals surface area contributed by atoms with Gasteiger partial charge in [0.25, 0.3) is 5.91 Å². The summed E-state index contributed by atoms with van der Waals surface area (Å²) < 4.78 is 0. The number of rotatable bonds is 5. The van der Waals surface area contributed by atoms with E-state index in [0.29, 0.717) is 24.3 Å². The molecule has 0 bridgehead atoms. The zero-order valence-electron chi connectivity index (χ0n) is 15.4. The molecule has 1 aliphatic heterocycles. The summed E-state index contributed by atoms with van der Waals surface area (Å²) in [6, 6.07) is 10.4. The van der Waals surface area contributed by atoms with Gasteiger partial charge >= 0.3 is 6.03 Å². The summed E-state index contributed by atoms with van der Waals surface area (Å²) in [5, 5.41) is 6.62. The lowest BCUT2D eigenvalue weighted by Crippen LogP contribution is -2.38. The van der Waals surface area contributed by atoms with Crippen molar-refractivity contribution in [3.05, 3.63) is 48.2 Å². The van der Waals surface area contributed by atoms with Gasteiger partial charge in [0.1, 0.15) is 5.03 Å². The Balaban J connectivity index is 1.60. The summed E-state index contributed by atoms with van der Waals surface area (Å²) in [4.78, 5) is 32.8. The average Bonchev–Trinajstić information content (AvgIpc) is 2.67. The first-order valence-corrected chi connectivity index (χ1v) is 9.72. The second-order valence-corrected chi connectivity index (χ2v) is 7.48. The Morgan fingerprint density at radius 2 is 2.00 bits per heavy atom. The molecule has 1 aromatic heterocycles. The second kappa shape index (κ2) is 8.88. The molecule has 8 heteroatoms. The maximum Gasteiger partial charge on any atom is 0.326 e. The molecule has 2 N–H and O–H groups in total. The van der Waals surface area contributed by atoms with Crippen LogP contribution in [0.5, 0.6) is 0 Å². The van der Waals surface area contributed by atoms with E-state index in [1.165, 1.54) is 0 Å². The molecule has 2 heterocycles. The quantitative estimate of drug-likeness (QED) is 0.827. The van der Waals surface area contributed by atoms with Gasteiger partial charge in [-0.15, -0.1) is 11.8 Å². The summed E-state index contributed by atoms with van der Waals surface area (Å²) in [5.41, 5.74) is 2.03. The third-order valence-corrected chi connectivity index (χ3v) is 5.06. The molecule has 1 aliphatic rings. The van der Waals surface area contributed by atoms with Crippen molar-refractivity contribution in [2.24, 2.45) is 0 Å². The van der Waals surface area contributed by atoms with Crippen LogP contribution in [-0.2, 0) is 0 Å². The van der Waals surface area contributed by atoms with E-state index in [-0.39, 0.29) is 11.9 Å². The predicted molar refractivity (Wildman–Crippen MR) is 109 cm³/mol. The third kappa shape index (κ3) is 4.99.